The molecule has 2 aromatic rings. The highest BCUT2D eigenvalue weighted by molar-refractivity contribution is 7.99. The number of anilines is 1. The van der Waals surface area contributed by atoms with Crippen LogP contribution in [0, 0.1) is 0 Å². The second-order valence-electron chi connectivity index (χ2n) is 5.92. The maximum atomic E-state index is 13.0. The summed E-state index contributed by atoms with van der Waals surface area (Å²) in [6.07, 6.45) is 1.77. The van der Waals surface area contributed by atoms with Crippen LogP contribution in [0.2, 0.25) is 0 Å². The second-order valence-corrected chi connectivity index (χ2v) is 8.44. The van der Waals surface area contributed by atoms with Gasteiger partial charge >= 0.3 is 0 Å². The van der Waals surface area contributed by atoms with Crippen molar-refractivity contribution < 1.29 is 22.6 Å². The van der Waals surface area contributed by atoms with Crippen LogP contribution in [0.25, 0.3) is 0 Å². The summed E-state index contributed by atoms with van der Waals surface area (Å²) in [5.41, 5.74) is 5.91. The fourth-order valence-electron chi connectivity index (χ4n) is 2.91. The largest absolute Gasteiger partial charge is 0.397 e. The highest BCUT2D eigenvalue weighted by Crippen LogP contribution is 2.40. The van der Waals surface area contributed by atoms with Gasteiger partial charge in [-0.25, -0.2) is 0 Å². The third-order valence-electron chi connectivity index (χ3n) is 4.20. The van der Waals surface area contributed by atoms with Gasteiger partial charge in [-0.05, 0) is 18.2 Å². The Morgan fingerprint density at radius 1 is 1.08 bits per heavy atom. The van der Waals surface area contributed by atoms with Gasteiger partial charge in [-0.3, -0.25) is 14.1 Å². The first-order valence-electron chi connectivity index (χ1n) is 8.02. The van der Waals surface area contributed by atoms with E-state index in [2.05, 4.69) is 0 Å². The van der Waals surface area contributed by atoms with Crippen LogP contribution in [0.3, 0.4) is 0 Å². The average molecular weight is 391 g/mol. The monoisotopic (exact) mass is 391 g/mol. The Morgan fingerprint density at radius 2 is 1.65 bits per heavy atom. The van der Waals surface area contributed by atoms with Crippen molar-refractivity contribution in [2.24, 2.45) is 0 Å². The first kappa shape index (κ1) is 18.6. The van der Waals surface area contributed by atoms with E-state index in [1.54, 1.807) is 18.2 Å². The summed E-state index contributed by atoms with van der Waals surface area (Å²) in [4.78, 5) is 25.7. The average Bonchev–Trinajstić information content (AvgIpc) is 2.59. The number of nitrogen functional groups attached to an aromatic ring is 1. The molecule has 0 saturated carbocycles. The predicted octanol–water partition coefficient (Wildman–Crippen LogP) is 3.18. The van der Waals surface area contributed by atoms with Crippen molar-refractivity contribution in [2.45, 2.75) is 29.6 Å². The van der Waals surface area contributed by atoms with Crippen molar-refractivity contribution >= 4 is 39.1 Å². The van der Waals surface area contributed by atoms with Crippen LogP contribution in [0.5, 0.6) is 0 Å². The van der Waals surface area contributed by atoms with E-state index in [1.807, 2.05) is 6.92 Å². The molecule has 6 nitrogen and oxygen atoms in total. The van der Waals surface area contributed by atoms with Gasteiger partial charge in [0.2, 0.25) is 0 Å². The van der Waals surface area contributed by atoms with Crippen LogP contribution in [-0.4, -0.2) is 30.3 Å². The van der Waals surface area contributed by atoms with E-state index < -0.39 is 26.5 Å². The van der Waals surface area contributed by atoms with Gasteiger partial charge in [-0.1, -0.05) is 37.6 Å². The molecule has 8 heteroatoms. The molecule has 0 bridgehead atoms. The zero-order valence-corrected chi connectivity index (χ0v) is 15.6. The molecule has 0 saturated heterocycles. The molecular formula is C18H17NO5S2. The minimum Gasteiger partial charge on any atom is -0.397 e. The van der Waals surface area contributed by atoms with E-state index in [0.29, 0.717) is 10.6 Å². The maximum Gasteiger partial charge on any atom is 0.296 e. The van der Waals surface area contributed by atoms with Gasteiger partial charge in [-0.15, -0.1) is 11.8 Å². The number of thioether (sulfide) groups is 1. The molecule has 0 spiro atoms. The van der Waals surface area contributed by atoms with Crippen LogP contribution < -0.4 is 5.73 Å². The fourth-order valence-corrected chi connectivity index (χ4v) is 4.83. The van der Waals surface area contributed by atoms with Gasteiger partial charge in [0.1, 0.15) is 4.90 Å². The lowest BCUT2D eigenvalue weighted by Gasteiger charge is -2.22. The summed E-state index contributed by atoms with van der Waals surface area (Å²) in [6, 6.07) is 7.53. The first-order valence-corrected chi connectivity index (χ1v) is 10.4. The van der Waals surface area contributed by atoms with Gasteiger partial charge in [0, 0.05) is 21.6 Å². The number of nitrogens with two attached hydrogens (primary N) is 1. The van der Waals surface area contributed by atoms with Crippen molar-refractivity contribution in [2.75, 3.05) is 11.5 Å². The molecule has 1 aliphatic carbocycles. The molecule has 0 heterocycles. The molecule has 0 amide bonds. The Morgan fingerprint density at radius 3 is 2.19 bits per heavy atom. The van der Waals surface area contributed by atoms with Crippen molar-refractivity contribution in [3.8, 4) is 0 Å². The van der Waals surface area contributed by atoms with Crippen molar-refractivity contribution in [1.82, 2.24) is 0 Å². The number of hydrogen-bond donors (Lipinski definition) is 2. The number of ketones is 2. The summed E-state index contributed by atoms with van der Waals surface area (Å²) in [6.45, 7) is 2.01. The summed E-state index contributed by atoms with van der Waals surface area (Å²) < 4.78 is 33.0. The van der Waals surface area contributed by atoms with E-state index in [1.165, 1.54) is 23.9 Å². The highest BCUT2D eigenvalue weighted by atomic mass is 32.2. The molecule has 0 fully saturated rings. The molecule has 136 valence electrons. The van der Waals surface area contributed by atoms with Gasteiger partial charge < -0.3 is 5.73 Å². The fraction of sp³-hybridized carbons (Fsp3) is 0.222. The molecule has 0 unspecified atom stereocenters. The Hall–Kier alpha value is -2.16. The van der Waals surface area contributed by atoms with Crippen LogP contribution >= 0.6 is 11.8 Å². The van der Waals surface area contributed by atoms with E-state index in [0.717, 1.165) is 12.8 Å². The standard InChI is InChI=1S/C18H17NO5S2/c1-2-3-8-25-12-9-13(26(22,23)24)16(19)15-14(12)17(20)10-6-4-5-7-11(10)18(15)21/h4-7,9H,2-3,8,19H2,1H3,(H,22,23,24). The van der Waals surface area contributed by atoms with Crippen LogP contribution in [0.4, 0.5) is 5.69 Å². The van der Waals surface area contributed by atoms with Gasteiger partial charge in [0.05, 0.1) is 11.3 Å². The van der Waals surface area contributed by atoms with Gasteiger partial charge in [0.25, 0.3) is 10.1 Å². The Balaban J connectivity index is 2.31. The minimum atomic E-state index is -4.64. The smallest absolute Gasteiger partial charge is 0.296 e. The quantitative estimate of drug-likeness (QED) is 0.297. The number of hydrogen-bond acceptors (Lipinski definition) is 6. The normalized spacial score (nSPS) is 13.5. The molecule has 1 aliphatic rings. The second kappa shape index (κ2) is 6.86. The maximum absolute atomic E-state index is 13.0. The summed E-state index contributed by atoms with van der Waals surface area (Å²) >= 11 is 1.27. The van der Waals surface area contributed by atoms with Crippen LogP contribution in [0.1, 0.15) is 51.6 Å². The number of carbonyl (C=O) groups is 2. The summed E-state index contributed by atoms with van der Waals surface area (Å²) in [5, 5.41) is 0. The number of fused-ring (bicyclic) bond motifs is 2. The molecule has 0 aromatic heterocycles. The minimum absolute atomic E-state index is 0.111. The first-order chi connectivity index (χ1) is 12.3. The third kappa shape index (κ3) is 3.04. The number of benzene rings is 2. The molecule has 0 atom stereocenters. The van der Waals surface area contributed by atoms with Crippen LogP contribution in [0.15, 0.2) is 40.1 Å². The summed E-state index contributed by atoms with van der Waals surface area (Å²) in [7, 11) is -4.64. The van der Waals surface area contributed by atoms with Crippen molar-refractivity contribution in [3.05, 3.63) is 52.6 Å². The Kier molecular flexibility index (Phi) is 4.92. The molecule has 3 rings (SSSR count). The lowest BCUT2D eigenvalue weighted by Crippen LogP contribution is -2.24. The molecule has 2 aromatic carbocycles. The molecule has 0 aliphatic heterocycles. The SMILES string of the molecule is CCCCSc1cc(S(=O)(=O)O)c(N)c2c1C(=O)c1ccccc1C2=O. The number of carbonyl (C=O) groups excluding carboxylic acids is 2. The van der Waals surface area contributed by atoms with E-state index in [-0.39, 0.29) is 28.0 Å². The van der Waals surface area contributed by atoms with E-state index >= 15 is 0 Å². The predicted molar refractivity (Wildman–Crippen MR) is 99.6 cm³/mol. The van der Waals surface area contributed by atoms with E-state index in [9.17, 15) is 22.6 Å². The zero-order valence-electron chi connectivity index (χ0n) is 14.0. The highest BCUT2D eigenvalue weighted by Gasteiger charge is 2.36. The van der Waals surface area contributed by atoms with Crippen molar-refractivity contribution in [3.63, 3.8) is 0 Å². The lowest BCUT2D eigenvalue weighted by atomic mass is 9.83. The number of rotatable bonds is 5. The zero-order chi connectivity index (χ0) is 19.1. The van der Waals surface area contributed by atoms with E-state index in [4.69, 9.17) is 5.73 Å². The van der Waals surface area contributed by atoms with Crippen LogP contribution in [-0.2, 0) is 10.1 Å². The molecule has 0 radical (unpaired) electrons. The molecule has 26 heavy (non-hydrogen) atoms. The summed E-state index contributed by atoms with van der Waals surface area (Å²) in [5.74, 6) is -0.251. The molecular weight excluding hydrogens is 374 g/mol. The van der Waals surface area contributed by atoms with Gasteiger partial charge in [0.15, 0.2) is 11.6 Å². The number of unbranched alkanes of at least 4 members (excludes halogenated alkanes) is 1. The Bertz CT molecular complexity index is 1030. The third-order valence-corrected chi connectivity index (χ3v) is 6.22. The molecule has 3 N–H and O–H groups in total. The lowest BCUT2D eigenvalue weighted by molar-refractivity contribution is 0.0977. The van der Waals surface area contributed by atoms with Gasteiger partial charge in [-0.2, -0.15) is 8.42 Å². The van der Waals surface area contributed by atoms with Crippen molar-refractivity contribution in [1.29, 1.82) is 0 Å². The topological polar surface area (TPSA) is 115 Å². The Labute approximate surface area is 155 Å².